The molecule has 0 unspecified atom stereocenters. The van der Waals surface area contributed by atoms with Crippen LogP contribution in [0.15, 0.2) is 11.6 Å². The highest BCUT2D eigenvalue weighted by Crippen LogP contribution is 2.74. The minimum Gasteiger partial charge on any atom is -0.299 e. The molecule has 0 amide bonds. The molecule has 0 heterocycles. The van der Waals surface area contributed by atoms with E-state index in [0.29, 0.717) is 41.2 Å². The predicted octanol–water partition coefficient (Wildman–Crippen LogP) is 7.56. The van der Waals surface area contributed by atoms with E-state index in [2.05, 4.69) is 61.5 Å². The molecule has 0 aromatic heterocycles. The molecule has 5 rings (SSSR count). The molecule has 4 fully saturated rings. The van der Waals surface area contributed by atoms with Gasteiger partial charge in [0.2, 0.25) is 0 Å². The van der Waals surface area contributed by atoms with E-state index in [-0.39, 0.29) is 27.1 Å². The van der Waals surface area contributed by atoms with Crippen molar-refractivity contribution in [3.8, 4) is 0 Å². The summed E-state index contributed by atoms with van der Waals surface area (Å²) in [5, 5.41) is 0. The summed E-state index contributed by atoms with van der Waals surface area (Å²) in [6, 6.07) is 0. The summed E-state index contributed by atoms with van der Waals surface area (Å²) in [6.45, 7) is 19.0. The first-order chi connectivity index (χ1) is 14.6. The number of Topliss-reactive ketones (excluding diaryl/α,β-unsaturated/α-hetero) is 2. The largest absolute Gasteiger partial charge is 0.299 e. The Morgan fingerprint density at radius 3 is 2.19 bits per heavy atom. The van der Waals surface area contributed by atoms with Crippen molar-refractivity contribution in [1.82, 2.24) is 0 Å². The number of rotatable bonds is 0. The normalized spacial score (nSPS) is 51.6. The average Bonchev–Trinajstić information content (AvgIpc) is 2.68. The second kappa shape index (κ2) is 6.39. The van der Waals surface area contributed by atoms with Gasteiger partial charge in [0.1, 0.15) is 11.6 Å². The van der Waals surface area contributed by atoms with Gasteiger partial charge in [-0.05, 0) is 91.3 Å². The molecule has 32 heavy (non-hydrogen) atoms. The van der Waals surface area contributed by atoms with Crippen molar-refractivity contribution in [2.24, 2.45) is 50.2 Å². The number of hydrogen-bond acceptors (Lipinski definition) is 2. The van der Waals surface area contributed by atoms with Gasteiger partial charge in [0.05, 0.1) is 5.41 Å². The van der Waals surface area contributed by atoms with Gasteiger partial charge >= 0.3 is 0 Å². The molecule has 0 bridgehead atoms. The van der Waals surface area contributed by atoms with Crippen molar-refractivity contribution in [2.75, 3.05) is 0 Å². The first-order valence-corrected chi connectivity index (χ1v) is 13.4. The number of hydrogen-bond donors (Lipinski definition) is 0. The summed E-state index contributed by atoms with van der Waals surface area (Å²) in [4.78, 5) is 27.1. The Bertz CT molecular complexity index is 908. The van der Waals surface area contributed by atoms with Crippen molar-refractivity contribution in [2.45, 2.75) is 113 Å². The number of fused-ring (bicyclic) bond motifs is 7. The van der Waals surface area contributed by atoms with E-state index in [1.165, 1.54) is 24.8 Å². The van der Waals surface area contributed by atoms with Crippen molar-refractivity contribution < 1.29 is 9.59 Å². The lowest BCUT2D eigenvalue weighted by Crippen LogP contribution is -2.66. The number of carbonyl (C=O) groups is 2. The van der Waals surface area contributed by atoms with Crippen molar-refractivity contribution in [3.05, 3.63) is 11.6 Å². The molecule has 5 aliphatic carbocycles. The third kappa shape index (κ3) is 2.59. The van der Waals surface area contributed by atoms with E-state index in [1.807, 2.05) is 0 Å². The van der Waals surface area contributed by atoms with Crippen LogP contribution in [0.4, 0.5) is 0 Å². The SMILES string of the molecule is CC1(C)CC[C@]2(C)CC(=O)[C@]3(C)C(=CC[C@@H]4[C@@]5(C)CCC(=O)C(C)(C)[C@@H]5CC[C@]43C)[C@@H]2C1. The van der Waals surface area contributed by atoms with Crippen molar-refractivity contribution >= 4 is 11.6 Å². The third-order valence-electron chi connectivity index (χ3n) is 12.6. The summed E-state index contributed by atoms with van der Waals surface area (Å²) in [5.74, 6) is 2.44. The van der Waals surface area contributed by atoms with Crippen LogP contribution in [0.1, 0.15) is 113 Å². The average molecular weight is 439 g/mol. The number of carbonyl (C=O) groups excluding carboxylic acids is 2. The molecule has 5 aliphatic rings. The minimum atomic E-state index is -0.340. The summed E-state index contributed by atoms with van der Waals surface area (Å²) in [5.41, 5.74) is 1.58. The molecule has 0 saturated heterocycles. The van der Waals surface area contributed by atoms with E-state index >= 15 is 0 Å². The van der Waals surface area contributed by atoms with Crippen LogP contribution in [-0.2, 0) is 9.59 Å². The van der Waals surface area contributed by atoms with E-state index in [9.17, 15) is 9.59 Å². The summed E-state index contributed by atoms with van der Waals surface area (Å²) in [7, 11) is 0. The van der Waals surface area contributed by atoms with Crippen LogP contribution in [0.5, 0.6) is 0 Å². The first kappa shape index (κ1) is 22.9. The van der Waals surface area contributed by atoms with Crippen LogP contribution in [0.2, 0.25) is 0 Å². The third-order valence-corrected chi connectivity index (χ3v) is 12.6. The van der Waals surface area contributed by atoms with Crippen LogP contribution >= 0.6 is 0 Å². The molecular formula is C30H46O2. The maximum atomic E-state index is 14.2. The fraction of sp³-hybridized carbons (Fsp3) is 0.867. The Morgan fingerprint density at radius 2 is 1.50 bits per heavy atom. The van der Waals surface area contributed by atoms with Gasteiger partial charge in [-0.1, -0.05) is 60.1 Å². The van der Waals surface area contributed by atoms with Crippen LogP contribution in [0.3, 0.4) is 0 Å². The summed E-state index contributed by atoms with van der Waals surface area (Å²) < 4.78 is 0. The number of ketones is 2. The van der Waals surface area contributed by atoms with Gasteiger partial charge < -0.3 is 0 Å². The second-order valence-electron chi connectivity index (χ2n) is 14.9. The van der Waals surface area contributed by atoms with Gasteiger partial charge in [-0.25, -0.2) is 0 Å². The maximum Gasteiger partial charge on any atom is 0.143 e. The zero-order chi connectivity index (χ0) is 23.5. The molecule has 7 atom stereocenters. The van der Waals surface area contributed by atoms with Crippen molar-refractivity contribution in [3.63, 3.8) is 0 Å². The lowest BCUT2D eigenvalue weighted by atomic mass is 9.33. The molecule has 0 aromatic rings. The highest BCUT2D eigenvalue weighted by molar-refractivity contribution is 5.91. The van der Waals surface area contributed by atoms with Crippen LogP contribution in [0.25, 0.3) is 0 Å². The highest BCUT2D eigenvalue weighted by Gasteiger charge is 2.70. The smallest absolute Gasteiger partial charge is 0.143 e. The topological polar surface area (TPSA) is 34.1 Å². The standard InChI is InChI=1S/C30H46O2/c1-25(2)15-16-27(5)18-24(32)30(8)19(20(27)17-25)9-10-22-28(6)13-12-23(31)26(3,4)21(28)11-14-29(22,30)7/h9,20-22H,10-18H2,1-8H3/t20-,21-,22+,27+,28-,29+,30-/m0/s1. The fourth-order valence-corrected chi connectivity index (χ4v) is 10.2. The molecule has 4 saturated carbocycles. The van der Waals surface area contributed by atoms with E-state index in [4.69, 9.17) is 0 Å². The van der Waals surface area contributed by atoms with Crippen LogP contribution in [0, 0.1) is 50.2 Å². The van der Waals surface area contributed by atoms with Gasteiger partial charge in [0, 0.05) is 18.3 Å². The van der Waals surface area contributed by atoms with Crippen LogP contribution < -0.4 is 0 Å². The minimum absolute atomic E-state index is 0.00119. The summed E-state index contributed by atoms with van der Waals surface area (Å²) in [6.07, 6.45) is 11.9. The molecule has 0 spiro atoms. The quantitative estimate of drug-likeness (QED) is 0.366. The Labute approximate surface area is 196 Å². The predicted molar refractivity (Wildman–Crippen MR) is 130 cm³/mol. The van der Waals surface area contributed by atoms with E-state index in [0.717, 1.165) is 32.1 Å². The molecule has 178 valence electrons. The number of allylic oxidation sites excluding steroid dienone is 2. The zero-order valence-corrected chi connectivity index (χ0v) is 22.0. The Morgan fingerprint density at radius 1 is 0.812 bits per heavy atom. The molecule has 0 aliphatic heterocycles. The van der Waals surface area contributed by atoms with Gasteiger partial charge in [-0.15, -0.1) is 0 Å². The lowest BCUT2D eigenvalue weighted by Gasteiger charge is -2.70. The second-order valence-corrected chi connectivity index (χ2v) is 14.9. The molecule has 2 nitrogen and oxygen atoms in total. The molecule has 0 aromatic carbocycles. The molecule has 2 heteroatoms. The van der Waals surface area contributed by atoms with Gasteiger partial charge in [0.25, 0.3) is 0 Å². The summed E-state index contributed by atoms with van der Waals surface area (Å²) >= 11 is 0. The molecule has 0 radical (unpaired) electrons. The maximum absolute atomic E-state index is 14.2. The lowest BCUT2D eigenvalue weighted by molar-refractivity contribution is -0.187. The van der Waals surface area contributed by atoms with Gasteiger partial charge in [-0.2, -0.15) is 0 Å². The monoisotopic (exact) mass is 438 g/mol. The zero-order valence-electron chi connectivity index (χ0n) is 22.0. The van der Waals surface area contributed by atoms with Crippen LogP contribution in [-0.4, -0.2) is 11.6 Å². The van der Waals surface area contributed by atoms with Gasteiger partial charge in [0.15, 0.2) is 0 Å². The highest BCUT2D eigenvalue weighted by atomic mass is 16.1. The van der Waals surface area contributed by atoms with Crippen molar-refractivity contribution in [1.29, 1.82) is 0 Å². The Hall–Kier alpha value is -0.920. The first-order valence-electron chi connectivity index (χ1n) is 13.4. The Kier molecular flexibility index (Phi) is 4.57. The van der Waals surface area contributed by atoms with E-state index < -0.39 is 0 Å². The van der Waals surface area contributed by atoms with Gasteiger partial charge in [-0.3, -0.25) is 9.59 Å². The Balaban J connectivity index is 1.62. The fourth-order valence-electron chi connectivity index (χ4n) is 10.2. The van der Waals surface area contributed by atoms with E-state index in [1.54, 1.807) is 0 Å². The molecular weight excluding hydrogens is 392 g/mol. The molecule has 0 N–H and O–H groups in total.